The van der Waals surface area contributed by atoms with Crippen LogP contribution in [0.3, 0.4) is 0 Å². The van der Waals surface area contributed by atoms with E-state index in [1.807, 2.05) is 33.3 Å². The number of hydrogen-bond donors (Lipinski definition) is 2. The highest BCUT2D eigenvalue weighted by molar-refractivity contribution is 7.47. The molecule has 0 fully saturated rings. The molecule has 0 heterocycles. The number of allylic oxidation sites excluding steroid dienone is 7. The number of likely N-dealkylation sites (N-methyl/N-ethyl adjacent to an activating group) is 1. The van der Waals surface area contributed by atoms with Crippen LogP contribution in [0.5, 0.6) is 0 Å². The van der Waals surface area contributed by atoms with Crippen LogP contribution in [0.15, 0.2) is 48.6 Å². The number of esters is 1. The monoisotopic (exact) mass is 1130 g/mol. The van der Waals surface area contributed by atoms with Gasteiger partial charge in [0, 0.05) is 12.8 Å². The van der Waals surface area contributed by atoms with Gasteiger partial charge >= 0.3 is 13.8 Å². The quantitative estimate of drug-likeness (QED) is 0.0205. The number of carbonyl (C=O) groups excluding carboxylic acids is 2. The molecule has 3 unspecified atom stereocenters. The number of carbonyl (C=O) groups is 2. The molecule has 79 heavy (non-hydrogen) atoms. The lowest BCUT2D eigenvalue weighted by atomic mass is 10.0. The Morgan fingerprint density at radius 3 is 1.18 bits per heavy atom. The summed E-state index contributed by atoms with van der Waals surface area (Å²) in [6, 6.07) is -0.850. The summed E-state index contributed by atoms with van der Waals surface area (Å²) in [4.78, 5) is 37.8. The van der Waals surface area contributed by atoms with Gasteiger partial charge in [0.1, 0.15) is 19.3 Å². The lowest BCUT2D eigenvalue weighted by Crippen LogP contribution is -2.47. The normalized spacial score (nSPS) is 13.9. The predicted octanol–water partition coefficient (Wildman–Crippen LogP) is 21.2. The Bertz CT molecular complexity index is 1490. The van der Waals surface area contributed by atoms with Gasteiger partial charge in [-0.25, -0.2) is 4.57 Å². The number of hydrogen-bond acceptors (Lipinski definition) is 6. The SMILES string of the molecule is CCCCC/C=C\C/C=C\CCCCCCCCCCCC(=O)NC(COP(=O)(O)OCC[N+](C)(C)C)C(/C=C/CCCCCCCCCCCCC)OC(=O)CCCCCCCCCCCCC/C=C/CCCCCCCC. The Kier molecular flexibility index (Phi) is 57.6. The van der Waals surface area contributed by atoms with E-state index < -0.39 is 20.0 Å². The Morgan fingerprint density at radius 2 is 0.772 bits per heavy atom. The van der Waals surface area contributed by atoms with E-state index in [9.17, 15) is 19.0 Å². The maximum absolute atomic E-state index is 13.6. The van der Waals surface area contributed by atoms with Gasteiger partial charge in [-0.15, -0.1) is 0 Å². The van der Waals surface area contributed by atoms with Crippen molar-refractivity contribution < 1.29 is 37.3 Å². The summed E-state index contributed by atoms with van der Waals surface area (Å²) in [6.45, 7) is 7.02. The molecule has 464 valence electrons. The number of quaternary nitrogens is 1. The van der Waals surface area contributed by atoms with Crippen LogP contribution in [0, 0.1) is 0 Å². The van der Waals surface area contributed by atoms with Crippen LogP contribution in [-0.2, 0) is 27.9 Å². The average Bonchev–Trinajstić information content (AvgIpc) is 3.41. The van der Waals surface area contributed by atoms with Crippen molar-refractivity contribution in [2.45, 2.75) is 341 Å². The summed E-state index contributed by atoms with van der Waals surface area (Å²) in [5.74, 6) is -0.498. The van der Waals surface area contributed by atoms with E-state index in [0.29, 0.717) is 23.9 Å². The molecule has 0 aromatic rings. The van der Waals surface area contributed by atoms with E-state index in [1.165, 1.54) is 231 Å². The molecule has 0 saturated carbocycles. The van der Waals surface area contributed by atoms with Crippen molar-refractivity contribution in [2.24, 2.45) is 0 Å². The topological polar surface area (TPSA) is 111 Å². The fraction of sp³-hybridized carbons (Fsp3) is 0.855. The van der Waals surface area contributed by atoms with Crippen molar-refractivity contribution in [3.05, 3.63) is 48.6 Å². The third-order valence-electron chi connectivity index (χ3n) is 15.2. The summed E-state index contributed by atoms with van der Waals surface area (Å²) < 4.78 is 30.8. The maximum atomic E-state index is 13.6. The maximum Gasteiger partial charge on any atom is 0.472 e. The zero-order valence-corrected chi connectivity index (χ0v) is 54.0. The molecule has 10 heteroatoms. The van der Waals surface area contributed by atoms with Gasteiger partial charge in [-0.3, -0.25) is 18.6 Å². The van der Waals surface area contributed by atoms with Crippen LogP contribution in [0.1, 0.15) is 329 Å². The van der Waals surface area contributed by atoms with Gasteiger partial charge in [0.05, 0.1) is 33.8 Å². The van der Waals surface area contributed by atoms with Gasteiger partial charge in [0.25, 0.3) is 0 Å². The van der Waals surface area contributed by atoms with Crippen LogP contribution < -0.4 is 5.32 Å². The molecule has 0 aliphatic carbocycles. The average molecular weight is 1130 g/mol. The predicted molar refractivity (Wildman–Crippen MR) is 342 cm³/mol. The molecule has 3 atom stereocenters. The number of nitrogens with one attached hydrogen (secondary N) is 1. The summed E-state index contributed by atoms with van der Waals surface area (Å²) in [7, 11) is 1.50. The van der Waals surface area contributed by atoms with E-state index >= 15 is 0 Å². The highest BCUT2D eigenvalue weighted by Gasteiger charge is 2.30. The van der Waals surface area contributed by atoms with Crippen molar-refractivity contribution in [3.8, 4) is 0 Å². The molecular formula is C69H132N2O7P+. The third kappa shape index (κ3) is 60.4. The Morgan fingerprint density at radius 1 is 0.443 bits per heavy atom. The number of phosphoric ester groups is 1. The second-order valence-electron chi connectivity index (χ2n) is 24.3. The minimum absolute atomic E-state index is 0.0401. The molecule has 9 nitrogen and oxygen atoms in total. The molecule has 0 aliphatic heterocycles. The summed E-state index contributed by atoms with van der Waals surface area (Å²) in [6.07, 6.45) is 73.9. The number of ether oxygens (including phenoxy) is 1. The van der Waals surface area contributed by atoms with Crippen LogP contribution in [0.4, 0.5) is 0 Å². The van der Waals surface area contributed by atoms with E-state index in [2.05, 4.69) is 62.5 Å². The third-order valence-corrected chi connectivity index (χ3v) is 16.2. The van der Waals surface area contributed by atoms with Crippen molar-refractivity contribution in [3.63, 3.8) is 0 Å². The minimum atomic E-state index is -4.45. The lowest BCUT2D eigenvalue weighted by Gasteiger charge is -2.27. The van der Waals surface area contributed by atoms with Crippen LogP contribution in [-0.4, -0.2) is 74.3 Å². The first-order valence-electron chi connectivity index (χ1n) is 34.0. The van der Waals surface area contributed by atoms with Gasteiger partial charge in [-0.05, 0) is 89.5 Å². The molecule has 0 spiro atoms. The Hall–Kier alpha value is -2.03. The fourth-order valence-corrected chi connectivity index (χ4v) is 10.7. The lowest BCUT2D eigenvalue weighted by molar-refractivity contribution is -0.870. The summed E-state index contributed by atoms with van der Waals surface area (Å²) in [5.41, 5.74) is 0. The molecule has 0 rings (SSSR count). The van der Waals surface area contributed by atoms with Crippen LogP contribution >= 0.6 is 7.82 Å². The highest BCUT2D eigenvalue weighted by Crippen LogP contribution is 2.43. The zero-order chi connectivity index (χ0) is 57.9. The first-order chi connectivity index (χ1) is 38.4. The first kappa shape index (κ1) is 77.0. The summed E-state index contributed by atoms with van der Waals surface area (Å²) >= 11 is 0. The van der Waals surface area contributed by atoms with Crippen molar-refractivity contribution >= 4 is 19.7 Å². The number of unbranched alkanes of at least 4 members (excludes halogenated alkanes) is 40. The van der Waals surface area contributed by atoms with Crippen LogP contribution in [0.2, 0.25) is 0 Å². The van der Waals surface area contributed by atoms with Crippen molar-refractivity contribution in [1.29, 1.82) is 0 Å². The standard InChI is InChI=1S/C69H131N2O7P/c1-7-10-13-16-19-22-25-28-30-32-34-35-37-39-41-44-47-50-53-56-59-62-69(73)78-67(60-57-54-51-48-45-42-27-24-21-18-15-12-9-3)66(65-77-79(74,75)76-64-63-71(4,5)6)70-68(72)61-58-55-52-49-46-43-40-38-36-33-31-29-26-23-20-17-14-11-8-2/h20,23,28-31,57,60,66-67H,7-19,21-22,24-27,32-56,58-59,61-65H2,1-6H3,(H-,70,72,74,75)/p+1/b23-20-,30-28+,31-29-,60-57+. The second-order valence-corrected chi connectivity index (χ2v) is 25.8. The van der Waals surface area contributed by atoms with Gasteiger partial charge in [-0.2, -0.15) is 0 Å². The molecule has 0 aliphatic rings. The van der Waals surface area contributed by atoms with Gasteiger partial charge < -0.3 is 19.4 Å². The van der Waals surface area contributed by atoms with E-state index in [-0.39, 0.29) is 25.1 Å². The largest absolute Gasteiger partial charge is 0.472 e. The van der Waals surface area contributed by atoms with Crippen LogP contribution in [0.25, 0.3) is 0 Å². The van der Waals surface area contributed by atoms with Gasteiger partial charge in [-0.1, -0.05) is 275 Å². The van der Waals surface area contributed by atoms with Crippen molar-refractivity contribution in [1.82, 2.24) is 5.32 Å². The van der Waals surface area contributed by atoms with Gasteiger partial charge in [0.15, 0.2) is 0 Å². The molecule has 0 aromatic carbocycles. The van der Waals surface area contributed by atoms with E-state index in [1.54, 1.807) is 0 Å². The summed E-state index contributed by atoms with van der Waals surface area (Å²) in [5, 5.41) is 3.07. The molecule has 0 aromatic heterocycles. The molecule has 0 radical (unpaired) electrons. The highest BCUT2D eigenvalue weighted by atomic mass is 31.2. The molecule has 2 N–H and O–H groups in total. The Balaban J connectivity index is 5.17. The van der Waals surface area contributed by atoms with E-state index in [4.69, 9.17) is 13.8 Å². The first-order valence-corrected chi connectivity index (χ1v) is 35.5. The molecule has 0 bridgehead atoms. The minimum Gasteiger partial charge on any atom is -0.456 e. The van der Waals surface area contributed by atoms with E-state index in [0.717, 1.165) is 64.2 Å². The van der Waals surface area contributed by atoms with Gasteiger partial charge in [0.2, 0.25) is 5.91 Å². The van der Waals surface area contributed by atoms with Crippen molar-refractivity contribution in [2.75, 3.05) is 40.9 Å². The number of nitrogens with zero attached hydrogens (tertiary/aromatic N) is 1. The second kappa shape index (κ2) is 59.1. The molecule has 1 amide bonds. The Labute approximate surface area is 490 Å². The zero-order valence-electron chi connectivity index (χ0n) is 53.1. The smallest absolute Gasteiger partial charge is 0.456 e. The number of rotatable bonds is 62. The fourth-order valence-electron chi connectivity index (χ4n) is 9.97. The number of amides is 1. The molecular weight excluding hydrogens is 1000 g/mol. The molecule has 0 saturated heterocycles. The number of phosphoric acid groups is 1.